The number of piperidine rings is 1. The highest BCUT2D eigenvalue weighted by Crippen LogP contribution is 2.31. The molecule has 200 valence electrons. The molecular formula is C28H37ClN4O4. The van der Waals surface area contributed by atoms with Crippen LogP contribution in [-0.2, 0) is 11.3 Å². The second-order valence-corrected chi connectivity index (χ2v) is 11.7. The zero-order valence-electron chi connectivity index (χ0n) is 22.6. The van der Waals surface area contributed by atoms with E-state index in [-0.39, 0.29) is 17.9 Å². The Bertz CT molecular complexity index is 1280. The van der Waals surface area contributed by atoms with Crippen LogP contribution in [0.3, 0.4) is 0 Å². The molecule has 4 rings (SSSR count). The van der Waals surface area contributed by atoms with Gasteiger partial charge in [-0.25, -0.2) is 4.79 Å². The molecule has 0 aliphatic carbocycles. The second kappa shape index (κ2) is 10.8. The number of ether oxygens (including phenoxy) is 1. The lowest BCUT2D eigenvalue weighted by Crippen LogP contribution is -2.43. The fourth-order valence-electron chi connectivity index (χ4n) is 4.52. The fourth-order valence-corrected chi connectivity index (χ4v) is 4.77. The van der Waals surface area contributed by atoms with Crippen molar-refractivity contribution in [2.24, 2.45) is 5.92 Å². The monoisotopic (exact) mass is 528 g/mol. The van der Waals surface area contributed by atoms with E-state index < -0.39 is 5.60 Å². The van der Waals surface area contributed by atoms with Gasteiger partial charge in [-0.2, -0.15) is 5.10 Å². The Hall–Kier alpha value is -3.00. The molecule has 37 heavy (non-hydrogen) atoms. The van der Waals surface area contributed by atoms with Crippen LogP contribution < -0.4 is 5.32 Å². The fraction of sp³-hybridized carbons (Fsp3) is 0.536. The summed E-state index contributed by atoms with van der Waals surface area (Å²) in [6.45, 7) is 14.0. The topological polar surface area (TPSA) is 89.6 Å². The van der Waals surface area contributed by atoms with Gasteiger partial charge in [-0.3, -0.25) is 9.48 Å². The van der Waals surface area contributed by atoms with Crippen LogP contribution in [-0.4, -0.2) is 51.9 Å². The van der Waals surface area contributed by atoms with Gasteiger partial charge < -0.3 is 19.4 Å². The third-order valence-corrected chi connectivity index (χ3v) is 6.82. The lowest BCUT2D eigenvalue weighted by molar-refractivity contribution is 0.0183. The van der Waals surface area contributed by atoms with Crippen molar-refractivity contribution in [1.82, 2.24) is 20.0 Å². The van der Waals surface area contributed by atoms with E-state index in [1.807, 2.05) is 45.9 Å². The lowest BCUT2D eigenvalue weighted by Gasteiger charge is -2.33. The first-order valence-electron chi connectivity index (χ1n) is 12.9. The third-order valence-electron chi connectivity index (χ3n) is 6.60. The molecule has 0 spiro atoms. The van der Waals surface area contributed by atoms with Crippen molar-refractivity contribution < 1.29 is 18.7 Å². The van der Waals surface area contributed by atoms with Crippen molar-refractivity contribution in [3.8, 4) is 0 Å². The molecule has 0 unspecified atom stereocenters. The molecule has 2 amide bonds. The van der Waals surface area contributed by atoms with Gasteiger partial charge in [0.2, 0.25) is 0 Å². The molecule has 0 atom stereocenters. The molecule has 0 radical (unpaired) electrons. The Morgan fingerprint density at radius 3 is 2.54 bits per heavy atom. The number of halogens is 1. The zero-order chi connectivity index (χ0) is 26.9. The molecule has 1 saturated heterocycles. The molecule has 1 fully saturated rings. The van der Waals surface area contributed by atoms with E-state index in [1.54, 1.807) is 15.6 Å². The van der Waals surface area contributed by atoms with Gasteiger partial charge in [0.25, 0.3) is 5.91 Å². The van der Waals surface area contributed by atoms with Crippen LogP contribution in [0.5, 0.6) is 0 Å². The van der Waals surface area contributed by atoms with Gasteiger partial charge in [-0.05, 0) is 70.7 Å². The largest absolute Gasteiger partial charge is 0.460 e. The maximum atomic E-state index is 12.9. The molecule has 1 aliphatic heterocycles. The van der Waals surface area contributed by atoms with Gasteiger partial charge >= 0.3 is 6.09 Å². The van der Waals surface area contributed by atoms with Crippen LogP contribution in [0, 0.1) is 12.8 Å². The number of hydrogen-bond acceptors (Lipinski definition) is 5. The van der Waals surface area contributed by atoms with Crippen LogP contribution in [0.4, 0.5) is 4.79 Å². The van der Waals surface area contributed by atoms with Gasteiger partial charge in [0.1, 0.15) is 22.6 Å². The summed E-state index contributed by atoms with van der Waals surface area (Å²) in [5, 5.41) is 9.19. The minimum absolute atomic E-state index is 0.201. The Kier molecular flexibility index (Phi) is 7.88. The SMILES string of the molecule is Cc1cc(C(=O)NCC2CCN(C(=O)OC(C)(C)C)CC2)nn1Cc1cc(Cl)cc2cc(C(C)C)oc12. The van der Waals surface area contributed by atoms with Crippen LogP contribution in [0.2, 0.25) is 5.02 Å². The number of aryl methyl sites for hydroxylation is 1. The number of hydrogen-bond donors (Lipinski definition) is 1. The highest BCUT2D eigenvalue weighted by molar-refractivity contribution is 6.31. The molecule has 2 aromatic heterocycles. The summed E-state index contributed by atoms with van der Waals surface area (Å²) in [6.07, 6.45) is 1.36. The summed E-state index contributed by atoms with van der Waals surface area (Å²) < 4.78 is 13.4. The van der Waals surface area contributed by atoms with Gasteiger partial charge in [-0.15, -0.1) is 0 Å². The number of carbonyl (C=O) groups is 2. The summed E-state index contributed by atoms with van der Waals surface area (Å²) >= 11 is 6.38. The summed E-state index contributed by atoms with van der Waals surface area (Å²) in [6, 6.07) is 7.62. The normalized spacial score (nSPS) is 15.0. The second-order valence-electron chi connectivity index (χ2n) is 11.2. The quantitative estimate of drug-likeness (QED) is 0.415. The van der Waals surface area contributed by atoms with Crippen molar-refractivity contribution in [2.45, 2.75) is 72.4 Å². The van der Waals surface area contributed by atoms with Crippen LogP contribution in [0.25, 0.3) is 11.0 Å². The first-order valence-corrected chi connectivity index (χ1v) is 13.3. The summed E-state index contributed by atoms with van der Waals surface area (Å²) in [5.41, 5.74) is 2.47. The minimum Gasteiger partial charge on any atom is -0.460 e. The maximum absolute atomic E-state index is 12.9. The Morgan fingerprint density at radius 1 is 1.19 bits per heavy atom. The van der Waals surface area contributed by atoms with E-state index in [1.165, 1.54) is 0 Å². The number of likely N-dealkylation sites (tertiary alicyclic amines) is 1. The number of nitrogens with zero attached hydrogens (tertiary/aromatic N) is 3. The molecule has 0 bridgehead atoms. The molecule has 8 nitrogen and oxygen atoms in total. The third kappa shape index (κ3) is 6.66. The number of benzene rings is 1. The van der Waals surface area contributed by atoms with Crippen molar-refractivity contribution in [2.75, 3.05) is 19.6 Å². The zero-order valence-corrected chi connectivity index (χ0v) is 23.3. The highest BCUT2D eigenvalue weighted by atomic mass is 35.5. The first-order chi connectivity index (χ1) is 17.4. The maximum Gasteiger partial charge on any atom is 0.410 e. The van der Waals surface area contributed by atoms with Gasteiger partial charge in [0.15, 0.2) is 0 Å². The van der Waals surface area contributed by atoms with Gasteiger partial charge in [0, 0.05) is 47.2 Å². The van der Waals surface area contributed by atoms with Crippen molar-refractivity contribution in [3.63, 3.8) is 0 Å². The summed E-state index contributed by atoms with van der Waals surface area (Å²) in [5.74, 6) is 1.28. The molecular weight excluding hydrogens is 492 g/mol. The number of carbonyl (C=O) groups excluding carboxylic acids is 2. The predicted octanol–water partition coefficient (Wildman–Crippen LogP) is 6.14. The summed E-state index contributed by atoms with van der Waals surface area (Å²) in [7, 11) is 0. The average Bonchev–Trinajstić information content (AvgIpc) is 3.40. The van der Waals surface area contributed by atoms with E-state index in [4.69, 9.17) is 20.8 Å². The first kappa shape index (κ1) is 27.0. The van der Waals surface area contributed by atoms with E-state index in [2.05, 4.69) is 24.3 Å². The number of nitrogens with one attached hydrogen (secondary N) is 1. The number of furan rings is 1. The Morgan fingerprint density at radius 2 is 1.89 bits per heavy atom. The van der Waals surface area contributed by atoms with Crippen LogP contribution in [0.15, 0.2) is 28.7 Å². The number of amides is 2. The van der Waals surface area contributed by atoms with Crippen LogP contribution in [0.1, 0.15) is 80.9 Å². The standard InChI is InChI=1S/C28H37ClN4O4/c1-17(2)24-14-20-12-22(29)13-21(25(20)36-24)16-33-18(3)11-23(31-33)26(34)30-15-19-7-9-32(10-8-19)27(35)37-28(4,5)6/h11-14,17,19H,7-10,15-16H2,1-6H3,(H,30,34). The minimum atomic E-state index is -0.503. The van der Waals surface area contributed by atoms with Crippen molar-refractivity contribution >= 4 is 34.6 Å². The highest BCUT2D eigenvalue weighted by Gasteiger charge is 2.27. The van der Waals surface area contributed by atoms with Gasteiger partial charge in [0.05, 0.1) is 6.54 Å². The molecule has 1 N–H and O–H groups in total. The number of rotatable bonds is 6. The van der Waals surface area contributed by atoms with Crippen molar-refractivity contribution in [1.29, 1.82) is 0 Å². The Labute approximate surface area is 223 Å². The predicted molar refractivity (Wildman–Crippen MR) is 144 cm³/mol. The Balaban J connectivity index is 1.35. The molecule has 1 aromatic carbocycles. The lowest BCUT2D eigenvalue weighted by atomic mass is 9.97. The van der Waals surface area contributed by atoms with E-state index in [9.17, 15) is 9.59 Å². The van der Waals surface area contributed by atoms with E-state index in [0.717, 1.165) is 40.8 Å². The van der Waals surface area contributed by atoms with E-state index >= 15 is 0 Å². The van der Waals surface area contributed by atoms with E-state index in [0.29, 0.717) is 42.8 Å². The van der Waals surface area contributed by atoms with Gasteiger partial charge in [-0.1, -0.05) is 25.4 Å². The molecule has 3 heterocycles. The number of aromatic nitrogens is 2. The average molecular weight is 529 g/mol. The molecule has 1 aliphatic rings. The van der Waals surface area contributed by atoms with Crippen molar-refractivity contribution in [3.05, 3.63) is 52.0 Å². The molecule has 9 heteroatoms. The van der Waals surface area contributed by atoms with Crippen LogP contribution >= 0.6 is 11.6 Å². The molecule has 3 aromatic rings. The summed E-state index contributed by atoms with van der Waals surface area (Å²) in [4.78, 5) is 26.9. The number of fused-ring (bicyclic) bond motifs is 1. The smallest absolute Gasteiger partial charge is 0.410 e. The molecule has 0 saturated carbocycles.